The van der Waals surface area contributed by atoms with Gasteiger partial charge in [-0.05, 0) is 53.9 Å². The number of carbonyl (C=O) groups excluding carboxylic acids is 1. The maximum absolute atomic E-state index is 11.9. The van der Waals surface area contributed by atoms with Gasteiger partial charge in [-0.25, -0.2) is 4.79 Å². The molecule has 0 spiro atoms. The van der Waals surface area contributed by atoms with Gasteiger partial charge in [0.15, 0.2) is 0 Å². The van der Waals surface area contributed by atoms with Crippen LogP contribution in [0.4, 0.5) is 4.79 Å². The Kier molecular flexibility index (Phi) is 5.21. The molecule has 0 aromatic carbocycles. The molecule has 19 heavy (non-hydrogen) atoms. The standard InChI is InChI=1S/C14H29N3O2/c1-10(6-7-18)15-12(19)16-11-8-13(2,3)17-14(4,5)9-11/h10-11,17-18H,6-9H2,1-5H3,(H2,15,16,19)/t10-/m1/s1. The minimum Gasteiger partial charge on any atom is -0.396 e. The average molecular weight is 271 g/mol. The zero-order valence-corrected chi connectivity index (χ0v) is 12.8. The second kappa shape index (κ2) is 6.09. The van der Waals surface area contributed by atoms with Crippen molar-refractivity contribution < 1.29 is 9.90 Å². The topological polar surface area (TPSA) is 73.4 Å². The first-order valence-corrected chi connectivity index (χ1v) is 7.11. The Morgan fingerprint density at radius 3 is 2.32 bits per heavy atom. The summed E-state index contributed by atoms with van der Waals surface area (Å²) in [7, 11) is 0. The van der Waals surface area contributed by atoms with Gasteiger partial charge < -0.3 is 21.1 Å². The summed E-state index contributed by atoms with van der Waals surface area (Å²) in [5.41, 5.74) is 0.0484. The van der Waals surface area contributed by atoms with Crippen molar-refractivity contribution in [2.45, 2.75) is 77.0 Å². The summed E-state index contributed by atoms with van der Waals surface area (Å²) in [6.45, 7) is 10.6. The van der Waals surface area contributed by atoms with Crippen LogP contribution >= 0.6 is 0 Å². The number of hydrogen-bond acceptors (Lipinski definition) is 3. The van der Waals surface area contributed by atoms with Crippen molar-refractivity contribution in [1.29, 1.82) is 0 Å². The fourth-order valence-corrected chi connectivity index (χ4v) is 3.14. The maximum atomic E-state index is 11.9. The van der Waals surface area contributed by atoms with Crippen LogP contribution in [0, 0.1) is 0 Å². The molecule has 5 heteroatoms. The number of rotatable bonds is 4. The van der Waals surface area contributed by atoms with Gasteiger partial charge in [0.2, 0.25) is 0 Å². The van der Waals surface area contributed by atoms with Crippen molar-refractivity contribution in [1.82, 2.24) is 16.0 Å². The summed E-state index contributed by atoms with van der Waals surface area (Å²) in [5, 5.41) is 18.3. The van der Waals surface area contributed by atoms with Crippen molar-refractivity contribution in [2.75, 3.05) is 6.61 Å². The molecular formula is C14H29N3O2. The molecule has 112 valence electrons. The highest BCUT2D eigenvalue weighted by Crippen LogP contribution is 2.28. The molecule has 4 N–H and O–H groups in total. The molecule has 1 atom stereocenters. The van der Waals surface area contributed by atoms with E-state index in [-0.39, 0.29) is 35.8 Å². The minimum absolute atomic E-state index is 0.00673. The Bertz CT molecular complexity index is 300. The molecule has 0 aromatic heterocycles. The van der Waals surface area contributed by atoms with Crippen LogP contribution in [-0.2, 0) is 0 Å². The number of nitrogens with one attached hydrogen (secondary N) is 3. The molecule has 2 amide bonds. The highest BCUT2D eigenvalue weighted by molar-refractivity contribution is 5.74. The number of piperidine rings is 1. The lowest BCUT2D eigenvalue weighted by molar-refractivity contribution is 0.147. The van der Waals surface area contributed by atoms with E-state index in [4.69, 9.17) is 5.11 Å². The number of aliphatic hydroxyl groups is 1. The minimum atomic E-state index is -0.139. The molecule has 0 bridgehead atoms. The predicted molar refractivity (Wildman–Crippen MR) is 77.1 cm³/mol. The van der Waals surface area contributed by atoms with Gasteiger partial charge >= 0.3 is 6.03 Å². The van der Waals surface area contributed by atoms with E-state index < -0.39 is 0 Å². The molecule has 0 unspecified atom stereocenters. The van der Waals surface area contributed by atoms with Gasteiger partial charge in [-0.1, -0.05) is 0 Å². The third-order valence-corrected chi connectivity index (χ3v) is 3.47. The van der Waals surface area contributed by atoms with Crippen LogP contribution in [0.25, 0.3) is 0 Å². The van der Waals surface area contributed by atoms with Crippen LogP contribution < -0.4 is 16.0 Å². The van der Waals surface area contributed by atoms with Crippen LogP contribution in [0.2, 0.25) is 0 Å². The van der Waals surface area contributed by atoms with Crippen LogP contribution in [0.3, 0.4) is 0 Å². The third kappa shape index (κ3) is 5.78. The third-order valence-electron chi connectivity index (χ3n) is 3.47. The van der Waals surface area contributed by atoms with Gasteiger partial charge in [0, 0.05) is 29.8 Å². The fourth-order valence-electron chi connectivity index (χ4n) is 3.14. The van der Waals surface area contributed by atoms with E-state index in [1.165, 1.54) is 0 Å². The lowest BCUT2D eigenvalue weighted by atomic mass is 9.80. The highest BCUT2D eigenvalue weighted by Gasteiger charge is 2.38. The van der Waals surface area contributed by atoms with Gasteiger partial charge in [0.25, 0.3) is 0 Å². The summed E-state index contributed by atoms with van der Waals surface area (Å²) < 4.78 is 0. The Morgan fingerprint density at radius 2 is 1.84 bits per heavy atom. The first kappa shape index (κ1) is 16.2. The normalized spacial score (nSPS) is 23.7. The molecule has 1 fully saturated rings. The van der Waals surface area contributed by atoms with Crippen molar-refractivity contribution in [3.05, 3.63) is 0 Å². The van der Waals surface area contributed by atoms with E-state index in [0.29, 0.717) is 6.42 Å². The van der Waals surface area contributed by atoms with Crippen LogP contribution in [-0.4, -0.2) is 40.9 Å². The zero-order valence-electron chi connectivity index (χ0n) is 12.8. The molecule has 1 aliphatic heterocycles. The summed E-state index contributed by atoms with van der Waals surface area (Å²) in [4.78, 5) is 11.9. The average Bonchev–Trinajstić information content (AvgIpc) is 2.10. The monoisotopic (exact) mass is 271 g/mol. The molecule has 0 aliphatic carbocycles. The number of hydrogen-bond donors (Lipinski definition) is 4. The molecule has 1 aliphatic rings. The van der Waals surface area contributed by atoms with Gasteiger partial charge in [-0.2, -0.15) is 0 Å². The molecular weight excluding hydrogens is 242 g/mol. The molecule has 5 nitrogen and oxygen atoms in total. The largest absolute Gasteiger partial charge is 0.396 e. The van der Waals surface area contributed by atoms with Gasteiger partial charge in [-0.3, -0.25) is 0 Å². The quantitative estimate of drug-likeness (QED) is 0.624. The summed E-state index contributed by atoms with van der Waals surface area (Å²) >= 11 is 0. The smallest absolute Gasteiger partial charge is 0.315 e. The number of urea groups is 1. The molecule has 0 aromatic rings. The lowest BCUT2D eigenvalue weighted by Crippen LogP contribution is -2.63. The molecule has 1 rings (SSSR count). The molecule has 1 saturated heterocycles. The van der Waals surface area contributed by atoms with Crippen LogP contribution in [0.5, 0.6) is 0 Å². The highest BCUT2D eigenvalue weighted by atomic mass is 16.3. The molecule has 1 heterocycles. The zero-order chi connectivity index (χ0) is 14.7. The van der Waals surface area contributed by atoms with Crippen LogP contribution in [0.1, 0.15) is 53.9 Å². The van der Waals surface area contributed by atoms with Gasteiger partial charge in [-0.15, -0.1) is 0 Å². The predicted octanol–water partition coefficient (Wildman–Crippen LogP) is 1.37. The second-order valence-electron chi connectivity index (χ2n) is 7.03. The maximum Gasteiger partial charge on any atom is 0.315 e. The Balaban J connectivity index is 2.49. The second-order valence-corrected chi connectivity index (χ2v) is 7.03. The first-order valence-electron chi connectivity index (χ1n) is 7.11. The van der Waals surface area contributed by atoms with E-state index >= 15 is 0 Å². The van der Waals surface area contributed by atoms with E-state index in [0.717, 1.165) is 12.8 Å². The van der Waals surface area contributed by atoms with E-state index in [1.807, 2.05) is 6.92 Å². The fraction of sp³-hybridized carbons (Fsp3) is 0.929. The Labute approximate surface area is 116 Å². The Hall–Kier alpha value is -0.810. The first-order chi connectivity index (χ1) is 8.63. The van der Waals surface area contributed by atoms with Gasteiger partial charge in [0.1, 0.15) is 0 Å². The number of carbonyl (C=O) groups is 1. The van der Waals surface area contributed by atoms with Crippen molar-refractivity contribution in [3.8, 4) is 0 Å². The van der Waals surface area contributed by atoms with E-state index in [1.54, 1.807) is 0 Å². The van der Waals surface area contributed by atoms with Crippen molar-refractivity contribution in [3.63, 3.8) is 0 Å². The van der Waals surface area contributed by atoms with Crippen molar-refractivity contribution in [2.24, 2.45) is 0 Å². The number of amides is 2. The SMILES string of the molecule is C[C@H](CCO)NC(=O)NC1CC(C)(C)NC(C)(C)C1. The van der Waals surface area contributed by atoms with E-state index in [2.05, 4.69) is 43.6 Å². The Morgan fingerprint density at radius 1 is 1.32 bits per heavy atom. The number of aliphatic hydroxyl groups excluding tert-OH is 1. The van der Waals surface area contributed by atoms with Crippen LogP contribution in [0.15, 0.2) is 0 Å². The summed E-state index contributed by atoms with van der Waals surface area (Å²) in [5.74, 6) is 0. The molecule has 0 saturated carbocycles. The van der Waals surface area contributed by atoms with Crippen molar-refractivity contribution >= 4 is 6.03 Å². The van der Waals surface area contributed by atoms with Gasteiger partial charge in [0.05, 0.1) is 0 Å². The lowest BCUT2D eigenvalue weighted by Gasteiger charge is -2.46. The van der Waals surface area contributed by atoms with E-state index in [9.17, 15) is 4.79 Å². The molecule has 0 radical (unpaired) electrons. The summed E-state index contributed by atoms with van der Waals surface area (Å²) in [6, 6.07) is 0.0276. The summed E-state index contributed by atoms with van der Waals surface area (Å²) in [6.07, 6.45) is 2.41.